The summed E-state index contributed by atoms with van der Waals surface area (Å²) >= 11 is 0. The van der Waals surface area contributed by atoms with Gasteiger partial charge in [-0.2, -0.15) is 0 Å². The molecule has 0 saturated carbocycles. The summed E-state index contributed by atoms with van der Waals surface area (Å²) in [6.07, 6.45) is 1.83. The third-order valence-electron chi connectivity index (χ3n) is 5.97. The minimum absolute atomic E-state index is 0.193. The molecule has 0 aliphatic carbocycles. The summed E-state index contributed by atoms with van der Waals surface area (Å²) in [4.78, 5) is 12.2. The first-order valence-corrected chi connectivity index (χ1v) is 11.2. The van der Waals surface area contributed by atoms with Crippen molar-refractivity contribution in [2.75, 3.05) is 6.54 Å². The van der Waals surface area contributed by atoms with Crippen molar-refractivity contribution in [3.05, 3.63) is 83.9 Å². The topological polar surface area (TPSA) is 77.2 Å². The Hall–Kier alpha value is -3.77. The van der Waals surface area contributed by atoms with Crippen LogP contribution in [-0.2, 0) is 16.1 Å². The van der Waals surface area contributed by atoms with Gasteiger partial charge in [0.15, 0.2) is 0 Å². The highest BCUT2D eigenvalue weighted by molar-refractivity contribution is 5.76. The summed E-state index contributed by atoms with van der Waals surface area (Å²) in [5.74, 6) is 0.705. The average Bonchev–Trinajstić information content (AvgIpc) is 3.56. The predicted octanol–water partition coefficient (Wildman–Crippen LogP) is 5.17. The van der Waals surface area contributed by atoms with E-state index < -0.39 is 0 Å². The smallest absolute Gasteiger partial charge is 0.323 e. The Labute approximate surface area is 192 Å². The first-order valence-electron chi connectivity index (χ1n) is 11.2. The van der Waals surface area contributed by atoms with Crippen molar-refractivity contribution in [1.29, 1.82) is 0 Å². The zero-order valence-corrected chi connectivity index (χ0v) is 18.5. The number of nitrogens with zero attached hydrogens (tertiary/aromatic N) is 2. The van der Waals surface area contributed by atoms with E-state index in [1.165, 1.54) is 0 Å². The van der Waals surface area contributed by atoms with Crippen LogP contribution in [0, 0.1) is 6.92 Å². The van der Waals surface area contributed by atoms with Gasteiger partial charge >= 0.3 is 5.97 Å². The molecule has 1 fully saturated rings. The molecule has 1 aromatic heterocycles. The lowest BCUT2D eigenvalue weighted by atomic mass is 9.96. The highest BCUT2D eigenvalue weighted by atomic mass is 16.5. The van der Waals surface area contributed by atoms with E-state index in [1.807, 2.05) is 54.6 Å². The van der Waals surface area contributed by atoms with E-state index in [0.29, 0.717) is 11.8 Å². The fourth-order valence-electron chi connectivity index (χ4n) is 4.18. The van der Waals surface area contributed by atoms with Gasteiger partial charge in [-0.3, -0.25) is 4.79 Å². The Balaban J connectivity index is 1.35. The maximum Gasteiger partial charge on any atom is 0.323 e. The second kappa shape index (κ2) is 9.38. The molecule has 33 heavy (non-hydrogen) atoms. The number of aromatic nitrogens is 2. The highest BCUT2D eigenvalue weighted by Gasteiger charge is 2.23. The van der Waals surface area contributed by atoms with Gasteiger partial charge in [0.05, 0.1) is 0 Å². The Morgan fingerprint density at radius 2 is 1.73 bits per heavy atom. The van der Waals surface area contributed by atoms with Gasteiger partial charge in [-0.25, -0.2) is 0 Å². The molecule has 0 amide bonds. The highest BCUT2D eigenvalue weighted by Crippen LogP contribution is 2.32. The van der Waals surface area contributed by atoms with E-state index in [4.69, 9.17) is 9.15 Å². The van der Waals surface area contributed by atoms with Crippen LogP contribution in [0.25, 0.3) is 34.0 Å². The van der Waals surface area contributed by atoms with Crippen molar-refractivity contribution in [3.8, 4) is 34.0 Å². The van der Waals surface area contributed by atoms with Crippen LogP contribution in [-0.4, -0.2) is 28.8 Å². The molecule has 1 atom stereocenters. The van der Waals surface area contributed by atoms with Crippen molar-refractivity contribution in [3.63, 3.8) is 0 Å². The third kappa shape index (κ3) is 4.56. The van der Waals surface area contributed by atoms with Crippen LogP contribution in [0.15, 0.2) is 77.2 Å². The van der Waals surface area contributed by atoms with Gasteiger partial charge in [-0.05, 0) is 66.8 Å². The van der Waals surface area contributed by atoms with Crippen molar-refractivity contribution in [2.45, 2.75) is 32.4 Å². The first kappa shape index (κ1) is 21.1. The minimum Gasteiger partial charge on any atom is -0.460 e. The fourth-order valence-corrected chi connectivity index (χ4v) is 4.18. The van der Waals surface area contributed by atoms with Gasteiger partial charge in [0.1, 0.15) is 12.6 Å². The van der Waals surface area contributed by atoms with Gasteiger partial charge in [0.2, 0.25) is 11.8 Å². The summed E-state index contributed by atoms with van der Waals surface area (Å²) in [6, 6.07) is 23.8. The Morgan fingerprint density at radius 3 is 2.55 bits per heavy atom. The molecule has 6 heteroatoms. The molecule has 0 spiro atoms. The van der Waals surface area contributed by atoms with Crippen LogP contribution in [0.1, 0.15) is 24.0 Å². The summed E-state index contributed by atoms with van der Waals surface area (Å²) in [7, 11) is 0. The van der Waals surface area contributed by atoms with Gasteiger partial charge in [-0.15, -0.1) is 10.2 Å². The van der Waals surface area contributed by atoms with Crippen molar-refractivity contribution in [1.82, 2.24) is 15.5 Å². The number of hydrogen-bond acceptors (Lipinski definition) is 6. The molecule has 0 bridgehead atoms. The van der Waals surface area contributed by atoms with Crippen LogP contribution < -0.4 is 5.32 Å². The maximum atomic E-state index is 12.2. The molecule has 166 valence electrons. The minimum atomic E-state index is -0.202. The number of ether oxygens (including phenoxy) is 1. The largest absolute Gasteiger partial charge is 0.460 e. The SMILES string of the molecule is Cc1c(-c2ccccc2)cccc1-c1nnc(-c2cccc(COC(=O)[C@@H]3CCCN3)c2)o1. The predicted molar refractivity (Wildman–Crippen MR) is 126 cm³/mol. The molecule has 5 rings (SSSR count). The number of esters is 1. The number of carbonyl (C=O) groups excluding carboxylic acids is 1. The zero-order valence-electron chi connectivity index (χ0n) is 18.5. The third-order valence-corrected chi connectivity index (χ3v) is 5.97. The molecule has 3 aromatic carbocycles. The summed E-state index contributed by atoms with van der Waals surface area (Å²) in [6.45, 7) is 3.14. The van der Waals surface area contributed by atoms with E-state index in [0.717, 1.165) is 52.8 Å². The Morgan fingerprint density at radius 1 is 0.970 bits per heavy atom. The van der Waals surface area contributed by atoms with Crippen LogP contribution in [0.5, 0.6) is 0 Å². The number of rotatable bonds is 6. The van der Waals surface area contributed by atoms with E-state index in [9.17, 15) is 4.79 Å². The van der Waals surface area contributed by atoms with E-state index >= 15 is 0 Å². The molecule has 1 N–H and O–H groups in total. The first-order chi connectivity index (χ1) is 16.2. The standard InChI is InChI=1S/C27H25N3O3/c1-18-22(20-9-3-2-4-10-20)12-6-13-23(18)26-30-29-25(33-26)21-11-5-8-19(16-21)17-32-27(31)24-14-7-15-28-24/h2-6,8-13,16,24,28H,7,14-15,17H2,1H3/t24-/m0/s1. The second-order valence-corrected chi connectivity index (χ2v) is 8.21. The molecule has 1 saturated heterocycles. The Bertz CT molecular complexity index is 1260. The molecular weight excluding hydrogens is 414 g/mol. The second-order valence-electron chi connectivity index (χ2n) is 8.21. The number of benzene rings is 3. The van der Waals surface area contributed by atoms with Crippen molar-refractivity contribution in [2.24, 2.45) is 0 Å². The normalized spacial score (nSPS) is 15.5. The van der Waals surface area contributed by atoms with E-state index in [2.05, 4.69) is 40.6 Å². The van der Waals surface area contributed by atoms with Crippen LogP contribution >= 0.6 is 0 Å². The molecule has 4 aromatic rings. The quantitative estimate of drug-likeness (QED) is 0.418. The summed E-state index contributed by atoms with van der Waals surface area (Å²) < 4.78 is 11.5. The van der Waals surface area contributed by atoms with Crippen LogP contribution in [0.2, 0.25) is 0 Å². The monoisotopic (exact) mass is 439 g/mol. The lowest BCUT2D eigenvalue weighted by Crippen LogP contribution is -2.32. The van der Waals surface area contributed by atoms with E-state index in [1.54, 1.807) is 0 Å². The summed E-state index contributed by atoms with van der Waals surface area (Å²) in [5, 5.41) is 11.7. The summed E-state index contributed by atoms with van der Waals surface area (Å²) in [5.41, 5.74) is 5.93. The molecule has 0 unspecified atom stereocenters. The number of carbonyl (C=O) groups is 1. The average molecular weight is 440 g/mol. The van der Waals surface area contributed by atoms with Gasteiger partial charge in [0, 0.05) is 11.1 Å². The Kier molecular flexibility index (Phi) is 6.00. The number of hydrogen-bond donors (Lipinski definition) is 1. The lowest BCUT2D eigenvalue weighted by Gasteiger charge is -2.10. The van der Waals surface area contributed by atoms with Gasteiger partial charge in [-0.1, -0.05) is 54.6 Å². The molecule has 1 aliphatic rings. The van der Waals surface area contributed by atoms with Gasteiger partial charge in [0.25, 0.3) is 0 Å². The fraction of sp³-hybridized carbons (Fsp3) is 0.222. The van der Waals surface area contributed by atoms with Crippen molar-refractivity contribution >= 4 is 5.97 Å². The van der Waals surface area contributed by atoms with Crippen LogP contribution in [0.3, 0.4) is 0 Å². The number of nitrogens with one attached hydrogen (secondary N) is 1. The molecular formula is C27H25N3O3. The van der Waals surface area contributed by atoms with E-state index in [-0.39, 0.29) is 18.6 Å². The molecule has 2 heterocycles. The van der Waals surface area contributed by atoms with Gasteiger partial charge < -0.3 is 14.5 Å². The van der Waals surface area contributed by atoms with Crippen LogP contribution in [0.4, 0.5) is 0 Å². The lowest BCUT2D eigenvalue weighted by molar-refractivity contribution is -0.147. The maximum absolute atomic E-state index is 12.2. The van der Waals surface area contributed by atoms with Crippen molar-refractivity contribution < 1.29 is 13.9 Å². The molecule has 0 radical (unpaired) electrons. The molecule has 1 aliphatic heterocycles. The zero-order chi connectivity index (χ0) is 22.6. The molecule has 6 nitrogen and oxygen atoms in total.